The average molecular weight is 794 g/mol. The maximum absolute atomic E-state index is 2.57. The van der Waals surface area contributed by atoms with Crippen LogP contribution in [-0.2, 0) is 5.41 Å². The van der Waals surface area contributed by atoms with Gasteiger partial charge in [-0.25, -0.2) is 0 Å². The molecule has 11 aromatic rings. The van der Waals surface area contributed by atoms with Gasteiger partial charge in [-0.05, 0) is 85.6 Å². The van der Waals surface area contributed by atoms with Crippen molar-refractivity contribution < 1.29 is 0 Å². The van der Waals surface area contributed by atoms with Crippen molar-refractivity contribution in [3.05, 3.63) is 259 Å². The van der Waals surface area contributed by atoms with Gasteiger partial charge in [-0.1, -0.05) is 206 Å². The number of para-hydroxylation sites is 1. The van der Waals surface area contributed by atoms with E-state index in [0.717, 1.165) is 11.4 Å². The average Bonchev–Trinajstić information content (AvgIpc) is 3.87. The SMILES string of the molecule is c1ccc(C2(c3ccccc3)c3ccccc3-c3c(N(c4ccccc4-c4cccc(-c5cccc6ccccc56)c4)c4cccc5c4sc4ccccc45)cccc32)cc1. The third-order valence-electron chi connectivity index (χ3n) is 12.7. The van der Waals surface area contributed by atoms with Gasteiger partial charge < -0.3 is 4.90 Å². The molecule has 1 aliphatic rings. The zero-order chi connectivity index (χ0) is 40.3. The van der Waals surface area contributed by atoms with Gasteiger partial charge in [0.05, 0.1) is 27.2 Å². The molecule has 1 nitrogen and oxygen atoms in total. The number of hydrogen-bond acceptors (Lipinski definition) is 2. The lowest BCUT2D eigenvalue weighted by Gasteiger charge is -2.34. The van der Waals surface area contributed by atoms with Gasteiger partial charge >= 0.3 is 0 Å². The van der Waals surface area contributed by atoms with Crippen LogP contribution in [0.2, 0.25) is 0 Å². The molecule has 10 aromatic carbocycles. The molecule has 0 saturated carbocycles. The normalized spacial score (nSPS) is 12.7. The highest BCUT2D eigenvalue weighted by atomic mass is 32.1. The van der Waals surface area contributed by atoms with Crippen LogP contribution in [0.1, 0.15) is 22.3 Å². The Hall–Kier alpha value is -7.52. The highest BCUT2D eigenvalue weighted by Crippen LogP contribution is 2.60. The highest BCUT2D eigenvalue weighted by molar-refractivity contribution is 7.26. The molecule has 61 heavy (non-hydrogen) atoms. The Morgan fingerprint density at radius 3 is 1.69 bits per heavy atom. The molecule has 0 radical (unpaired) electrons. The summed E-state index contributed by atoms with van der Waals surface area (Å²) in [5.74, 6) is 0. The van der Waals surface area contributed by atoms with E-state index in [9.17, 15) is 0 Å². The van der Waals surface area contributed by atoms with E-state index in [1.807, 2.05) is 11.3 Å². The van der Waals surface area contributed by atoms with Gasteiger partial charge in [-0.3, -0.25) is 0 Å². The molecule has 0 aliphatic heterocycles. The van der Waals surface area contributed by atoms with Crippen LogP contribution in [0.25, 0.3) is 64.3 Å². The number of fused-ring (bicyclic) bond motifs is 7. The van der Waals surface area contributed by atoms with Crippen LogP contribution in [-0.4, -0.2) is 0 Å². The lowest BCUT2D eigenvalue weighted by atomic mass is 9.68. The van der Waals surface area contributed by atoms with Crippen LogP contribution in [0, 0.1) is 0 Å². The van der Waals surface area contributed by atoms with Crippen molar-refractivity contribution in [2.24, 2.45) is 0 Å². The summed E-state index contributed by atoms with van der Waals surface area (Å²) >= 11 is 1.88. The molecule has 286 valence electrons. The second kappa shape index (κ2) is 14.3. The highest BCUT2D eigenvalue weighted by Gasteiger charge is 2.47. The second-order valence-electron chi connectivity index (χ2n) is 15.9. The molecule has 1 aliphatic carbocycles. The van der Waals surface area contributed by atoms with Gasteiger partial charge in [0.2, 0.25) is 0 Å². The van der Waals surface area contributed by atoms with E-state index in [1.54, 1.807) is 0 Å². The van der Waals surface area contributed by atoms with Crippen molar-refractivity contribution in [1.82, 2.24) is 0 Å². The van der Waals surface area contributed by atoms with Gasteiger partial charge in [-0.15, -0.1) is 11.3 Å². The second-order valence-corrected chi connectivity index (χ2v) is 17.0. The molecule has 2 heteroatoms. The number of nitrogens with zero attached hydrogens (tertiary/aromatic N) is 1. The molecular weight excluding hydrogens is 755 g/mol. The number of thiophene rings is 1. The van der Waals surface area contributed by atoms with Gasteiger partial charge in [0.15, 0.2) is 0 Å². The molecule has 1 heterocycles. The molecule has 0 amide bonds. The van der Waals surface area contributed by atoms with Gasteiger partial charge in [0.1, 0.15) is 0 Å². The molecule has 0 spiro atoms. The number of rotatable bonds is 7. The Morgan fingerprint density at radius 1 is 0.344 bits per heavy atom. The van der Waals surface area contributed by atoms with E-state index in [4.69, 9.17) is 0 Å². The van der Waals surface area contributed by atoms with Crippen molar-refractivity contribution in [3.63, 3.8) is 0 Å². The molecule has 0 saturated heterocycles. The van der Waals surface area contributed by atoms with Gasteiger partial charge in [0.25, 0.3) is 0 Å². The van der Waals surface area contributed by atoms with E-state index in [-0.39, 0.29) is 0 Å². The number of hydrogen-bond donors (Lipinski definition) is 0. The lowest BCUT2D eigenvalue weighted by molar-refractivity contribution is 0.768. The summed E-state index contributed by atoms with van der Waals surface area (Å²) in [5, 5.41) is 5.06. The fraction of sp³-hybridized carbons (Fsp3) is 0.0169. The molecule has 0 atom stereocenters. The first-order valence-corrected chi connectivity index (χ1v) is 21.8. The van der Waals surface area contributed by atoms with Crippen molar-refractivity contribution in [2.45, 2.75) is 5.41 Å². The smallest absolute Gasteiger partial charge is 0.0714 e. The van der Waals surface area contributed by atoms with E-state index in [0.29, 0.717) is 0 Å². The van der Waals surface area contributed by atoms with Gasteiger partial charge in [0, 0.05) is 26.6 Å². The third kappa shape index (κ3) is 5.46. The van der Waals surface area contributed by atoms with Crippen LogP contribution in [0.15, 0.2) is 237 Å². The zero-order valence-corrected chi connectivity index (χ0v) is 34.2. The Bertz CT molecular complexity index is 3390. The van der Waals surface area contributed by atoms with Crippen molar-refractivity contribution in [1.29, 1.82) is 0 Å². The largest absolute Gasteiger partial charge is 0.308 e. The Kier molecular flexibility index (Phi) is 8.33. The summed E-state index contributed by atoms with van der Waals surface area (Å²) in [5.41, 5.74) is 15.3. The standard InChI is InChI=1S/C59H39NS/c1-3-23-43(24-4-1)59(44-25-5-2-6-26-44)51-33-12-9-30-50(51)57-52(59)34-18-36-54(57)60(55-37-17-32-49-48-29-11-14-38-56(48)61-58(49)55)53-35-13-10-28-47(53)42-22-15-21-41(39-42)46-31-16-20-40-19-7-8-27-45(40)46/h1-39H. The van der Waals surface area contributed by atoms with E-state index >= 15 is 0 Å². The topological polar surface area (TPSA) is 3.24 Å². The number of benzene rings is 10. The van der Waals surface area contributed by atoms with Crippen molar-refractivity contribution >= 4 is 59.3 Å². The molecule has 0 fully saturated rings. The van der Waals surface area contributed by atoms with Crippen molar-refractivity contribution in [2.75, 3.05) is 4.90 Å². The third-order valence-corrected chi connectivity index (χ3v) is 14.0. The minimum Gasteiger partial charge on any atom is -0.308 e. The van der Waals surface area contributed by atoms with Crippen molar-refractivity contribution in [3.8, 4) is 33.4 Å². The maximum atomic E-state index is 2.57. The summed E-state index contributed by atoms with van der Waals surface area (Å²) in [6.07, 6.45) is 0. The van der Waals surface area contributed by atoms with E-state index in [2.05, 4.69) is 241 Å². The fourth-order valence-corrected chi connectivity index (χ4v) is 11.4. The molecule has 0 unspecified atom stereocenters. The zero-order valence-electron chi connectivity index (χ0n) is 33.4. The molecule has 1 aromatic heterocycles. The van der Waals surface area contributed by atoms with Crippen LogP contribution in [0.4, 0.5) is 17.1 Å². The van der Waals surface area contributed by atoms with Crippen LogP contribution < -0.4 is 4.90 Å². The van der Waals surface area contributed by atoms with Crippen LogP contribution >= 0.6 is 11.3 Å². The quantitative estimate of drug-likeness (QED) is 0.155. The van der Waals surface area contributed by atoms with E-state index in [1.165, 1.54) is 92.3 Å². The van der Waals surface area contributed by atoms with Crippen LogP contribution in [0.5, 0.6) is 0 Å². The Balaban J connectivity index is 1.16. The summed E-state index contributed by atoms with van der Waals surface area (Å²) < 4.78 is 2.56. The van der Waals surface area contributed by atoms with E-state index < -0.39 is 5.41 Å². The predicted molar refractivity (Wildman–Crippen MR) is 260 cm³/mol. The maximum Gasteiger partial charge on any atom is 0.0714 e. The summed E-state index contributed by atoms with van der Waals surface area (Å²) in [4.78, 5) is 2.57. The fourth-order valence-electron chi connectivity index (χ4n) is 10.2. The van der Waals surface area contributed by atoms with Gasteiger partial charge in [-0.2, -0.15) is 0 Å². The van der Waals surface area contributed by atoms with Crippen LogP contribution in [0.3, 0.4) is 0 Å². The summed E-state index contributed by atoms with van der Waals surface area (Å²) in [6, 6.07) is 87.4. The first-order valence-electron chi connectivity index (χ1n) is 21.0. The predicted octanol–water partition coefficient (Wildman–Crippen LogP) is 16.4. The minimum atomic E-state index is -0.522. The molecule has 0 N–H and O–H groups in total. The first-order chi connectivity index (χ1) is 30.3. The summed E-state index contributed by atoms with van der Waals surface area (Å²) in [6.45, 7) is 0. The molecular formula is C59H39NS. The summed E-state index contributed by atoms with van der Waals surface area (Å²) in [7, 11) is 0. The minimum absolute atomic E-state index is 0.522. The Labute approximate surface area is 360 Å². The molecule has 0 bridgehead atoms. The Morgan fingerprint density at radius 2 is 0.869 bits per heavy atom. The lowest BCUT2D eigenvalue weighted by Crippen LogP contribution is -2.28. The monoisotopic (exact) mass is 793 g/mol. The first kappa shape index (κ1) is 35.4. The number of anilines is 3. The molecule has 12 rings (SSSR count).